The Morgan fingerprint density at radius 3 is 1.88 bits per heavy atom. The molecule has 0 atom stereocenters. The van der Waals surface area contributed by atoms with Crippen LogP contribution in [0.3, 0.4) is 0 Å². The summed E-state index contributed by atoms with van der Waals surface area (Å²) in [7, 11) is 0. The van der Waals surface area contributed by atoms with Crippen molar-refractivity contribution in [2.45, 2.75) is 20.8 Å². The van der Waals surface area contributed by atoms with Crippen molar-refractivity contribution >= 4 is 46.9 Å². The smallest absolute Gasteiger partial charge is 0.348 e. The summed E-state index contributed by atoms with van der Waals surface area (Å²) >= 11 is 1.02. The quantitative estimate of drug-likeness (QED) is 0.145. The minimum absolute atomic E-state index is 0.0181. The summed E-state index contributed by atoms with van der Waals surface area (Å²) in [6.45, 7) is 5.50. The van der Waals surface area contributed by atoms with Crippen molar-refractivity contribution < 1.29 is 33.8 Å². The fourth-order valence-electron chi connectivity index (χ4n) is 3.58. The molecule has 1 amide bonds. The van der Waals surface area contributed by atoms with E-state index in [1.165, 1.54) is 24.3 Å². The third-order valence-corrected chi connectivity index (χ3v) is 6.88. The van der Waals surface area contributed by atoms with Gasteiger partial charge in [-0.3, -0.25) is 4.79 Å². The minimum Gasteiger partial charge on any atom is -0.477 e. The molecule has 0 saturated heterocycles. The number of ether oxygens (including phenoxy) is 2. The molecule has 1 aromatic heterocycles. The first-order chi connectivity index (χ1) is 19.1. The zero-order valence-electron chi connectivity index (χ0n) is 21.9. The van der Waals surface area contributed by atoms with Crippen molar-refractivity contribution in [3.05, 3.63) is 116 Å². The number of rotatable bonds is 8. The van der Waals surface area contributed by atoms with Crippen molar-refractivity contribution in [1.29, 1.82) is 0 Å². The molecule has 0 aliphatic heterocycles. The Morgan fingerprint density at radius 1 is 0.775 bits per heavy atom. The predicted molar refractivity (Wildman–Crippen MR) is 152 cm³/mol. The maximum Gasteiger partial charge on any atom is 0.348 e. The topological polar surface area (TPSA) is 119 Å². The molecule has 0 unspecified atom stereocenters. The molecule has 0 spiro atoms. The van der Waals surface area contributed by atoms with Crippen molar-refractivity contribution in [2.75, 3.05) is 5.32 Å². The van der Waals surface area contributed by atoms with Crippen LogP contribution in [0.5, 0.6) is 11.5 Å². The number of carbonyl (C=O) groups is 4. The number of carboxylic acids is 1. The van der Waals surface area contributed by atoms with Gasteiger partial charge < -0.3 is 19.9 Å². The van der Waals surface area contributed by atoms with E-state index in [2.05, 4.69) is 5.32 Å². The number of hydrogen-bond donors (Lipinski definition) is 2. The largest absolute Gasteiger partial charge is 0.477 e. The highest BCUT2D eigenvalue weighted by Gasteiger charge is 2.18. The number of carboxylic acid groups (broad SMARTS) is 1. The fourth-order valence-corrected chi connectivity index (χ4v) is 4.43. The second-order valence-electron chi connectivity index (χ2n) is 8.97. The van der Waals surface area contributed by atoms with Gasteiger partial charge in [-0.1, -0.05) is 41.5 Å². The molecule has 0 fully saturated rings. The average Bonchev–Trinajstić information content (AvgIpc) is 3.29. The van der Waals surface area contributed by atoms with E-state index in [1.807, 2.05) is 13.8 Å². The maximum atomic E-state index is 12.9. The summed E-state index contributed by atoms with van der Waals surface area (Å²) in [5.41, 5.74) is 3.93. The second kappa shape index (κ2) is 12.2. The van der Waals surface area contributed by atoms with Gasteiger partial charge >= 0.3 is 17.9 Å². The molecule has 40 heavy (non-hydrogen) atoms. The van der Waals surface area contributed by atoms with Gasteiger partial charge in [-0.05, 0) is 79.8 Å². The summed E-state index contributed by atoms with van der Waals surface area (Å²) in [5, 5.41) is 13.6. The number of nitrogens with one attached hydrogen (secondary N) is 1. The Kier molecular flexibility index (Phi) is 8.56. The van der Waals surface area contributed by atoms with E-state index in [9.17, 15) is 24.3 Å². The minimum atomic E-state index is -1.13. The monoisotopic (exact) mass is 555 g/mol. The van der Waals surface area contributed by atoms with Gasteiger partial charge in [0.2, 0.25) is 5.91 Å². The van der Waals surface area contributed by atoms with Gasteiger partial charge in [0.05, 0.1) is 16.8 Å². The standard InChI is InChI=1S/C31H25NO7S/c1-18-4-10-22(11-5-18)30(36)38-24-14-8-21(16-25(24)39-31(37)23-12-6-19(2)7-13-23)9-15-26(33)32-27-20(3)17-40-28(27)29(34)35/h4-17H,1-3H3,(H,32,33)(H,34,35). The van der Waals surface area contributed by atoms with E-state index in [0.717, 1.165) is 22.5 Å². The Labute approximate surface area is 234 Å². The molecule has 0 saturated carbocycles. The SMILES string of the molecule is Cc1ccc(C(=O)Oc2ccc(C=CC(=O)Nc3c(C)csc3C(=O)O)cc2OC(=O)c2ccc(C)cc2)cc1. The molecule has 4 aromatic rings. The first-order valence-corrected chi connectivity index (χ1v) is 13.0. The Hall–Kier alpha value is -5.02. The molecule has 8 nitrogen and oxygen atoms in total. The van der Waals surface area contributed by atoms with Crippen LogP contribution in [0.1, 0.15) is 52.6 Å². The normalized spacial score (nSPS) is 10.8. The van der Waals surface area contributed by atoms with Crippen molar-refractivity contribution in [3.8, 4) is 11.5 Å². The Morgan fingerprint density at radius 2 is 1.32 bits per heavy atom. The molecular weight excluding hydrogens is 530 g/mol. The maximum absolute atomic E-state index is 12.9. The van der Waals surface area contributed by atoms with Gasteiger partial charge in [-0.25, -0.2) is 14.4 Å². The van der Waals surface area contributed by atoms with Crippen molar-refractivity contribution in [1.82, 2.24) is 0 Å². The van der Waals surface area contributed by atoms with Gasteiger partial charge in [-0.15, -0.1) is 11.3 Å². The molecule has 0 bridgehead atoms. The van der Waals surface area contributed by atoms with E-state index in [1.54, 1.807) is 66.9 Å². The molecule has 2 N–H and O–H groups in total. The third-order valence-electron chi connectivity index (χ3n) is 5.79. The first-order valence-electron chi connectivity index (χ1n) is 12.1. The van der Waals surface area contributed by atoms with Crippen molar-refractivity contribution in [2.24, 2.45) is 0 Å². The molecule has 0 radical (unpaired) electrons. The van der Waals surface area contributed by atoms with Crippen LogP contribution in [0.2, 0.25) is 0 Å². The van der Waals surface area contributed by atoms with Crippen molar-refractivity contribution in [3.63, 3.8) is 0 Å². The van der Waals surface area contributed by atoms with Gasteiger partial charge in [0, 0.05) is 6.08 Å². The number of thiophene rings is 1. The summed E-state index contributed by atoms with van der Waals surface area (Å²) < 4.78 is 11.2. The van der Waals surface area contributed by atoms with Crippen LogP contribution in [-0.2, 0) is 4.79 Å². The van der Waals surface area contributed by atoms with Gasteiger partial charge in [0.15, 0.2) is 11.5 Å². The average molecular weight is 556 g/mol. The number of hydrogen-bond acceptors (Lipinski definition) is 7. The molecule has 202 valence electrons. The van der Waals surface area contributed by atoms with E-state index in [0.29, 0.717) is 22.3 Å². The molecule has 1 heterocycles. The lowest BCUT2D eigenvalue weighted by atomic mass is 10.1. The molecule has 9 heteroatoms. The summed E-state index contributed by atoms with van der Waals surface area (Å²) in [4.78, 5) is 49.6. The van der Waals surface area contributed by atoms with Gasteiger partial charge in [-0.2, -0.15) is 0 Å². The fraction of sp³-hybridized carbons (Fsp3) is 0.0968. The van der Waals surface area contributed by atoms with Gasteiger partial charge in [0.25, 0.3) is 0 Å². The zero-order valence-corrected chi connectivity index (χ0v) is 22.7. The van der Waals surface area contributed by atoms with Crippen LogP contribution in [0.4, 0.5) is 5.69 Å². The molecule has 0 aliphatic carbocycles. The highest BCUT2D eigenvalue weighted by Crippen LogP contribution is 2.31. The highest BCUT2D eigenvalue weighted by molar-refractivity contribution is 7.12. The molecule has 3 aromatic carbocycles. The Balaban J connectivity index is 1.58. The van der Waals surface area contributed by atoms with Crippen LogP contribution in [-0.4, -0.2) is 28.9 Å². The number of anilines is 1. The predicted octanol–water partition coefficient (Wildman–Crippen LogP) is 6.46. The van der Waals surface area contributed by atoms with E-state index < -0.39 is 23.8 Å². The summed E-state index contributed by atoms with van der Waals surface area (Å²) in [5.74, 6) is -2.95. The van der Waals surface area contributed by atoms with E-state index >= 15 is 0 Å². The number of aromatic carboxylic acids is 1. The first kappa shape index (κ1) is 28.0. The molecular formula is C31H25NO7S. The van der Waals surface area contributed by atoms with Crippen LogP contribution in [0.25, 0.3) is 6.08 Å². The number of benzene rings is 3. The third kappa shape index (κ3) is 6.89. The lowest BCUT2D eigenvalue weighted by Gasteiger charge is -2.12. The number of carbonyl (C=O) groups excluding carboxylic acids is 3. The van der Waals surface area contributed by atoms with Crippen LogP contribution in [0, 0.1) is 20.8 Å². The summed E-state index contributed by atoms with van der Waals surface area (Å²) in [6.07, 6.45) is 2.69. The molecule has 0 aliphatic rings. The van der Waals surface area contributed by atoms with Gasteiger partial charge in [0.1, 0.15) is 4.88 Å². The lowest BCUT2D eigenvalue weighted by molar-refractivity contribution is -0.111. The lowest BCUT2D eigenvalue weighted by Crippen LogP contribution is -2.13. The van der Waals surface area contributed by atoms with Crippen LogP contribution < -0.4 is 14.8 Å². The number of aryl methyl sites for hydroxylation is 3. The van der Waals surface area contributed by atoms with E-state index in [4.69, 9.17) is 9.47 Å². The second-order valence-corrected chi connectivity index (χ2v) is 9.85. The highest BCUT2D eigenvalue weighted by atomic mass is 32.1. The number of amides is 1. The summed E-state index contributed by atoms with van der Waals surface area (Å²) in [6, 6.07) is 18.2. The number of esters is 2. The van der Waals surface area contributed by atoms with E-state index in [-0.39, 0.29) is 22.1 Å². The zero-order chi connectivity index (χ0) is 28.8. The van der Waals surface area contributed by atoms with Crippen LogP contribution >= 0.6 is 11.3 Å². The molecule has 4 rings (SSSR count). The van der Waals surface area contributed by atoms with Crippen LogP contribution in [0.15, 0.2) is 78.2 Å². The Bertz CT molecular complexity index is 1620.